The quantitative estimate of drug-likeness (QED) is 0.351. The molecule has 23 heavy (non-hydrogen) atoms. The first-order chi connectivity index (χ1) is 11.2. The molecule has 124 valence electrons. The van der Waals surface area contributed by atoms with Gasteiger partial charge in [-0.1, -0.05) is 88.3 Å². The molecule has 0 amide bonds. The summed E-state index contributed by atoms with van der Waals surface area (Å²) in [4.78, 5) is 11.9. The lowest BCUT2D eigenvalue weighted by Gasteiger charge is -2.11. The van der Waals surface area contributed by atoms with E-state index in [2.05, 4.69) is 37.3 Å². The number of Topliss-reactive ketones (excluding diaryl/α,β-unsaturated/α-hetero) is 1. The fourth-order valence-corrected chi connectivity index (χ4v) is 3.37. The second-order valence-electron chi connectivity index (χ2n) is 6.59. The summed E-state index contributed by atoms with van der Waals surface area (Å²) in [5, 5.41) is 2.50. The molecule has 0 bridgehead atoms. The zero-order valence-corrected chi connectivity index (χ0v) is 14.7. The molecule has 2 aromatic carbocycles. The van der Waals surface area contributed by atoms with Crippen LogP contribution < -0.4 is 0 Å². The van der Waals surface area contributed by atoms with E-state index in [9.17, 15) is 4.79 Å². The molecule has 2 aromatic rings. The molecule has 0 radical (unpaired) electrons. The lowest BCUT2D eigenvalue weighted by molar-refractivity contribution is 0.101. The van der Waals surface area contributed by atoms with Gasteiger partial charge in [0.05, 0.1) is 0 Å². The number of carbonyl (C=O) groups excluding carboxylic acids is 1. The third kappa shape index (κ3) is 5.20. The van der Waals surface area contributed by atoms with E-state index in [1.165, 1.54) is 67.7 Å². The summed E-state index contributed by atoms with van der Waals surface area (Å²) >= 11 is 0. The minimum Gasteiger partial charge on any atom is -0.295 e. The fraction of sp³-hybridized carbons (Fsp3) is 0.500. The predicted molar refractivity (Wildman–Crippen MR) is 100 cm³/mol. The minimum absolute atomic E-state index is 0.185. The Hall–Kier alpha value is -1.63. The van der Waals surface area contributed by atoms with E-state index in [0.29, 0.717) is 0 Å². The van der Waals surface area contributed by atoms with Gasteiger partial charge in [-0.25, -0.2) is 0 Å². The Morgan fingerprint density at radius 1 is 0.826 bits per heavy atom. The number of benzene rings is 2. The zero-order chi connectivity index (χ0) is 16.5. The first kappa shape index (κ1) is 17.7. The summed E-state index contributed by atoms with van der Waals surface area (Å²) in [6.07, 6.45) is 11.6. The van der Waals surface area contributed by atoms with Crippen LogP contribution in [0.2, 0.25) is 0 Å². The molecule has 0 saturated carbocycles. The van der Waals surface area contributed by atoms with Crippen LogP contribution in [-0.4, -0.2) is 5.78 Å². The number of rotatable bonds is 10. The van der Waals surface area contributed by atoms with Crippen molar-refractivity contribution in [2.45, 2.75) is 71.6 Å². The molecule has 1 nitrogen and oxygen atoms in total. The van der Waals surface area contributed by atoms with Gasteiger partial charge in [0.1, 0.15) is 0 Å². The first-order valence-electron chi connectivity index (χ1n) is 9.25. The highest BCUT2D eigenvalue weighted by atomic mass is 16.1. The SMILES string of the molecule is CCCCCCCCCCc1c(C(C)=O)ccc2ccccc12. The molecule has 0 aromatic heterocycles. The van der Waals surface area contributed by atoms with Crippen LogP contribution in [0.3, 0.4) is 0 Å². The van der Waals surface area contributed by atoms with Crippen molar-refractivity contribution in [2.24, 2.45) is 0 Å². The molecule has 1 heteroatoms. The van der Waals surface area contributed by atoms with E-state index in [-0.39, 0.29) is 5.78 Å². The summed E-state index contributed by atoms with van der Waals surface area (Å²) in [5.41, 5.74) is 2.16. The third-order valence-corrected chi connectivity index (χ3v) is 4.70. The van der Waals surface area contributed by atoms with Crippen molar-refractivity contribution in [3.05, 3.63) is 47.5 Å². The van der Waals surface area contributed by atoms with Crippen LogP contribution in [0.15, 0.2) is 36.4 Å². The highest BCUT2D eigenvalue weighted by molar-refractivity contribution is 6.01. The minimum atomic E-state index is 0.185. The van der Waals surface area contributed by atoms with Gasteiger partial charge in [-0.3, -0.25) is 4.79 Å². The Morgan fingerprint density at radius 3 is 2.17 bits per heavy atom. The number of hydrogen-bond acceptors (Lipinski definition) is 1. The van der Waals surface area contributed by atoms with Crippen LogP contribution >= 0.6 is 0 Å². The average Bonchev–Trinajstić information content (AvgIpc) is 2.57. The smallest absolute Gasteiger partial charge is 0.160 e. The van der Waals surface area contributed by atoms with Crippen LogP contribution in [0, 0.1) is 0 Å². The van der Waals surface area contributed by atoms with Crippen LogP contribution in [0.4, 0.5) is 0 Å². The standard InChI is InChI=1S/C22H30O/c1-3-4-5-6-7-8-9-10-15-22-20(18(2)23)17-16-19-13-11-12-14-21(19)22/h11-14,16-17H,3-10,15H2,1-2H3. The number of carbonyl (C=O) groups is 1. The van der Waals surface area contributed by atoms with Crippen LogP contribution in [0.5, 0.6) is 0 Å². The zero-order valence-electron chi connectivity index (χ0n) is 14.7. The maximum absolute atomic E-state index is 11.9. The summed E-state index contributed by atoms with van der Waals surface area (Å²) < 4.78 is 0. The Kier molecular flexibility index (Phi) is 7.32. The van der Waals surface area contributed by atoms with Crippen LogP contribution in [0.1, 0.15) is 81.1 Å². The van der Waals surface area contributed by atoms with E-state index in [4.69, 9.17) is 0 Å². The van der Waals surface area contributed by atoms with Gasteiger partial charge in [0.15, 0.2) is 5.78 Å². The van der Waals surface area contributed by atoms with Gasteiger partial charge < -0.3 is 0 Å². The van der Waals surface area contributed by atoms with Crippen molar-refractivity contribution in [1.82, 2.24) is 0 Å². The topological polar surface area (TPSA) is 17.1 Å². The van der Waals surface area contributed by atoms with Gasteiger partial charge in [0.25, 0.3) is 0 Å². The molecular weight excluding hydrogens is 280 g/mol. The molecule has 0 saturated heterocycles. The van der Waals surface area contributed by atoms with Gasteiger partial charge in [-0.15, -0.1) is 0 Å². The Bertz CT molecular complexity index is 627. The maximum atomic E-state index is 11.9. The van der Waals surface area contributed by atoms with E-state index < -0.39 is 0 Å². The van der Waals surface area contributed by atoms with Crippen molar-refractivity contribution in [2.75, 3.05) is 0 Å². The Balaban J connectivity index is 1.93. The van der Waals surface area contributed by atoms with Crippen molar-refractivity contribution in [3.8, 4) is 0 Å². The fourth-order valence-electron chi connectivity index (χ4n) is 3.37. The third-order valence-electron chi connectivity index (χ3n) is 4.70. The molecule has 0 aliphatic rings. The van der Waals surface area contributed by atoms with Crippen molar-refractivity contribution < 1.29 is 4.79 Å². The summed E-state index contributed by atoms with van der Waals surface area (Å²) in [6, 6.07) is 12.5. The molecule has 0 heterocycles. The van der Waals surface area contributed by atoms with Crippen molar-refractivity contribution in [1.29, 1.82) is 0 Å². The van der Waals surface area contributed by atoms with Gasteiger partial charge in [0.2, 0.25) is 0 Å². The second-order valence-corrected chi connectivity index (χ2v) is 6.59. The van der Waals surface area contributed by atoms with Crippen LogP contribution in [0.25, 0.3) is 10.8 Å². The number of aryl methyl sites for hydroxylation is 1. The molecule has 0 aliphatic heterocycles. The van der Waals surface area contributed by atoms with Crippen molar-refractivity contribution in [3.63, 3.8) is 0 Å². The van der Waals surface area contributed by atoms with E-state index in [1.54, 1.807) is 6.92 Å². The second kappa shape index (κ2) is 9.50. The molecule has 0 spiro atoms. The predicted octanol–water partition coefficient (Wildman–Crippen LogP) is 6.73. The Morgan fingerprint density at radius 2 is 1.48 bits per heavy atom. The number of hydrogen-bond donors (Lipinski definition) is 0. The molecule has 0 unspecified atom stereocenters. The van der Waals surface area contributed by atoms with Crippen LogP contribution in [-0.2, 0) is 6.42 Å². The van der Waals surface area contributed by atoms with Gasteiger partial charge >= 0.3 is 0 Å². The van der Waals surface area contributed by atoms with Gasteiger partial charge in [0, 0.05) is 5.56 Å². The molecule has 2 rings (SSSR count). The number of ketones is 1. The Labute approximate surface area is 141 Å². The average molecular weight is 310 g/mol. The summed E-state index contributed by atoms with van der Waals surface area (Å²) in [5.74, 6) is 0.185. The molecule has 0 atom stereocenters. The highest BCUT2D eigenvalue weighted by Crippen LogP contribution is 2.25. The normalized spacial score (nSPS) is 11.0. The lowest BCUT2D eigenvalue weighted by atomic mass is 9.93. The highest BCUT2D eigenvalue weighted by Gasteiger charge is 2.10. The monoisotopic (exact) mass is 310 g/mol. The molecule has 0 aliphatic carbocycles. The number of unbranched alkanes of at least 4 members (excludes halogenated alkanes) is 7. The molecular formula is C22H30O. The maximum Gasteiger partial charge on any atom is 0.160 e. The van der Waals surface area contributed by atoms with E-state index in [1.807, 2.05) is 6.07 Å². The first-order valence-corrected chi connectivity index (χ1v) is 9.25. The molecule has 0 fully saturated rings. The van der Waals surface area contributed by atoms with E-state index in [0.717, 1.165) is 12.0 Å². The van der Waals surface area contributed by atoms with E-state index >= 15 is 0 Å². The molecule has 0 N–H and O–H groups in total. The van der Waals surface area contributed by atoms with Gasteiger partial charge in [-0.05, 0) is 36.1 Å². The summed E-state index contributed by atoms with van der Waals surface area (Å²) in [6.45, 7) is 3.94. The number of fused-ring (bicyclic) bond motifs is 1. The summed E-state index contributed by atoms with van der Waals surface area (Å²) in [7, 11) is 0. The van der Waals surface area contributed by atoms with Gasteiger partial charge in [-0.2, -0.15) is 0 Å². The lowest BCUT2D eigenvalue weighted by Crippen LogP contribution is -2.01. The largest absolute Gasteiger partial charge is 0.295 e. The van der Waals surface area contributed by atoms with Crippen molar-refractivity contribution >= 4 is 16.6 Å².